The summed E-state index contributed by atoms with van der Waals surface area (Å²) < 4.78 is 0. The molecule has 1 heterocycles. The second-order valence-corrected chi connectivity index (χ2v) is 5.50. The average molecular weight is 254 g/mol. The van der Waals surface area contributed by atoms with Crippen LogP contribution in [0.3, 0.4) is 0 Å². The molecule has 2 rings (SSSR count). The van der Waals surface area contributed by atoms with Gasteiger partial charge < -0.3 is 15.3 Å². The Balaban J connectivity index is 1.68. The number of carbonyl (C=O) groups excluding carboxylic acids is 1. The minimum atomic E-state index is -0.734. The summed E-state index contributed by atoms with van der Waals surface area (Å²) >= 11 is 0. The molecule has 1 unspecified atom stereocenters. The maximum absolute atomic E-state index is 11.9. The summed E-state index contributed by atoms with van der Waals surface area (Å²) in [4.78, 5) is 24.5. The van der Waals surface area contributed by atoms with Gasteiger partial charge in [-0.2, -0.15) is 0 Å². The molecule has 2 N–H and O–H groups in total. The lowest BCUT2D eigenvalue weighted by Crippen LogP contribution is -2.45. The smallest absolute Gasteiger partial charge is 0.306 e. The van der Waals surface area contributed by atoms with Gasteiger partial charge in [-0.3, -0.25) is 9.59 Å². The molecular weight excluding hydrogens is 232 g/mol. The quantitative estimate of drug-likeness (QED) is 0.757. The lowest BCUT2D eigenvalue weighted by molar-refractivity contribution is -0.145. The SMILES string of the molecule is CC(NCC(=O)N1CCC(C(=O)O)CC1)C1CC1. The largest absolute Gasteiger partial charge is 0.481 e. The Kier molecular flexibility index (Phi) is 4.22. The number of hydrogen-bond donors (Lipinski definition) is 2. The minimum Gasteiger partial charge on any atom is -0.481 e. The van der Waals surface area contributed by atoms with Gasteiger partial charge in [-0.15, -0.1) is 0 Å². The van der Waals surface area contributed by atoms with E-state index >= 15 is 0 Å². The van der Waals surface area contributed by atoms with Gasteiger partial charge in [-0.25, -0.2) is 0 Å². The number of carboxylic acid groups (broad SMARTS) is 1. The van der Waals surface area contributed by atoms with Crippen LogP contribution in [0.5, 0.6) is 0 Å². The van der Waals surface area contributed by atoms with Gasteiger partial charge in [0, 0.05) is 19.1 Å². The van der Waals surface area contributed by atoms with Crippen molar-refractivity contribution in [1.82, 2.24) is 10.2 Å². The molecule has 1 aliphatic heterocycles. The molecule has 2 aliphatic rings. The molecule has 0 spiro atoms. The zero-order chi connectivity index (χ0) is 13.1. The highest BCUT2D eigenvalue weighted by molar-refractivity contribution is 5.79. The van der Waals surface area contributed by atoms with Gasteiger partial charge in [-0.1, -0.05) is 0 Å². The molecule has 5 nitrogen and oxygen atoms in total. The van der Waals surface area contributed by atoms with Crippen molar-refractivity contribution >= 4 is 11.9 Å². The maximum Gasteiger partial charge on any atom is 0.306 e. The molecule has 18 heavy (non-hydrogen) atoms. The van der Waals surface area contributed by atoms with Crippen LogP contribution in [0.1, 0.15) is 32.6 Å². The first-order chi connectivity index (χ1) is 8.58. The van der Waals surface area contributed by atoms with E-state index in [1.807, 2.05) is 0 Å². The van der Waals surface area contributed by atoms with E-state index in [1.165, 1.54) is 12.8 Å². The Morgan fingerprint density at radius 2 is 1.89 bits per heavy atom. The van der Waals surface area contributed by atoms with Gasteiger partial charge in [0.1, 0.15) is 0 Å². The fraction of sp³-hybridized carbons (Fsp3) is 0.846. The van der Waals surface area contributed by atoms with Crippen molar-refractivity contribution in [2.75, 3.05) is 19.6 Å². The second kappa shape index (κ2) is 5.69. The van der Waals surface area contributed by atoms with Crippen LogP contribution in [0.2, 0.25) is 0 Å². The number of aliphatic carboxylic acids is 1. The normalized spacial score (nSPS) is 22.8. The van der Waals surface area contributed by atoms with E-state index in [0.717, 1.165) is 5.92 Å². The number of rotatable bonds is 5. The lowest BCUT2D eigenvalue weighted by Gasteiger charge is -2.30. The Bertz CT molecular complexity index is 320. The Hall–Kier alpha value is -1.10. The van der Waals surface area contributed by atoms with Crippen LogP contribution in [0.15, 0.2) is 0 Å². The molecule has 0 aromatic carbocycles. The number of likely N-dealkylation sites (tertiary alicyclic amines) is 1. The number of amides is 1. The molecule has 5 heteroatoms. The zero-order valence-corrected chi connectivity index (χ0v) is 10.9. The lowest BCUT2D eigenvalue weighted by atomic mass is 9.97. The molecule has 0 radical (unpaired) electrons. The van der Waals surface area contributed by atoms with Gasteiger partial charge in [0.05, 0.1) is 12.5 Å². The first-order valence-electron chi connectivity index (χ1n) is 6.82. The molecule has 1 amide bonds. The summed E-state index contributed by atoms with van der Waals surface area (Å²) in [6.45, 7) is 3.67. The third-order valence-electron chi connectivity index (χ3n) is 4.10. The van der Waals surface area contributed by atoms with E-state index < -0.39 is 5.97 Å². The third-order valence-corrected chi connectivity index (χ3v) is 4.10. The Morgan fingerprint density at radius 3 is 2.39 bits per heavy atom. The number of hydrogen-bond acceptors (Lipinski definition) is 3. The van der Waals surface area contributed by atoms with Gasteiger partial charge in [0.2, 0.25) is 5.91 Å². The highest BCUT2D eigenvalue weighted by atomic mass is 16.4. The molecule has 0 bridgehead atoms. The Morgan fingerprint density at radius 1 is 1.28 bits per heavy atom. The van der Waals surface area contributed by atoms with E-state index in [2.05, 4.69) is 12.2 Å². The number of carbonyl (C=O) groups is 2. The molecule has 2 fully saturated rings. The number of carboxylic acids is 1. The summed E-state index contributed by atoms with van der Waals surface area (Å²) in [5.74, 6) is -0.156. The van der Waals surface area contributed by atoms with Crippen molar-refractivity contribution in [2.24, 2.45) is 11.8 Å². The summed E-state index contributed by atoms with van der Waals surface area (Å²) in [5, 5.41) is 12.2. The zero-order valence-electron chi connectivity index (χ0n) is 10.9. The van der Waals surface area contributed by atoms with Crippen molar-refractivity contribution in [3.8, 4) is 0 Å². The predicted molar refractivity (Wildman–Crippen MR) is 67.1 cm³/mol. The van der Waals surface area contributed by atoms with Crippen LogP contribution in [0, 0.1) is 11.8 Å². The van der Waals surface area contributed by atoms with Crippen LogP contribution in [0.4, 0.5) is 0 Å². The highest BCUT2D eigenvalue weighted by Gasteiger charge is 2.29. The van der Waals surface area contributed by atoms with Crippen LogP contribution >= 0.6 is 0 Å². The molecule has 0 aromatic rings. The molecule has 0 aromatic heterocycles. The van der Waals surface area contributed by atoms with E-state index in [4.69, 9.17) is 5.11 Å². The first-order valence-corrected chi connectivity index (χ1v) is 6.82. The van der Waals surface area contributed by atoms with E-state index in [0.29, 0.717) is 38.5 Å². The second-order valence-electron chi connectivity index (χ2n) is 5.50. The number of nitrogens with one attached hydrogen (secondary N) is 1. The standard InChI is InChI=1S/C13H22N2O3/c1-9(10-2-3-10)14-8-12(16)15-6-4-11(5-7-15)13(17)18/h9-11,14H,2-8H2,1H3,(H,17,18). The van der Waals surface area contributed by atoms with Gasteiger partial charge >= 0.3 is 5.97 Å². The fourth-order valence-corrected chi connectivity index (χ4v) is 2.50. The fourth-order valence-electron chi connectivity index (χ4n) is 2.50. The third kappa shape index (κ3) is 3.45. The summed E-state index contributed by atoms with van der Waals surface area (Å²) in [6, 6.07) is 0.422. The first kappa shape index (κ1) is 13.3. The van der Waals surface area contributed by atoms with Gasteiger partial charge in [0.15, 0.2) is 0 Å². The molecule has 102 valence electrons. The highest BCUT2D eigenvalue weighted by Crippen LogP contribution is 2.32. The summed E-state index contributed by atoms with van der Waals surface area (Å²) in [6.07, 6.45) is 3.71. The van der Waals surface area contributed by atoms with Crippen LogP contribution in [-0.4, -0.2) is 47.6 Å². The van der Waals surface area contributed by atoms with Crippen molar-refractivity contribution in [2.45, 2.75) is 38.6 Å². The molecule has 1 saturated carbocycles. The van der Waals surface area contributed by atoms with Crippen molar-refractivity contribution in [3.63, 3.8) is 0 Å². The van der Waals surface area contributed by atoms with Crippen molar-refractivity contribution in [1.29, 1.82) is 0 Å². The van der Waals surface area contributed by atoms with Gasteiger partial charge in [-0.05, 0) is 38.5 Å². The minimum absolute atomic E-state index is 0.103. The molecule has 1 atom stereocenters. The Labute approximate surface area is 108 Å². The van der Waals surface area contributed by atoms with Crippen molar-refractivity contribution < 1.29 is 14.7 Å². The van der Waals surface area contributed by atoms with Crippen LogP contribution in [0.25, 0.3) is 0 Å². The molecular formula is C13H22N2O3. The van der Waals surface area contributed by atoms with E-state index in [9.17, 15) is 9.59 Å². The van der Waals surface area contributed by atoms with E-state index in [-0.39, 0.29) is 11.8 Å². The number of nitrogens with zero attached hydrogens (tertiary/aromatic N) is 1. The topological polar surface area (TPSA) is 69.6 Å². The molecule has 1 saturated heterocycles. The summed E-state index contributed by atoms with van der Waals surface area (Å²) in [7, 11) is 0. The molecule has 1 aliphatic carbocycles. The predicted octanol–water partition coefficient (Wildman–Crippen LogP) is 0.698. The number of piperidine rings is 1. The van der Waals surface area contributed by atoms with Crippen molar-refractivity contribution in [3.05, 3.63) is 0 Å². The average Bonchev–Trinajstić information content (AvgIpc) is 3.20. The van der Waals surface area contributed by atoms with Crippen LogP contribution < -0.4 is 5.32 Å². The monoisotopic (exact) mass is 254 g/mol. The van der Waals surface area contributed by atoms with Gasteiger partial charge in [0.25, 0.3) is 0 Å². The maximum atomic E-state index is 11.9. The summed E-state index contributed by atoms with van der Waals surface area (Å²) in [5.41, 5.74) is 0. The van der Waals surface area contributed by atoms with Crippen LogP contribution in [-0.2, 0) is 9.59 Å². The van der Waals surface area contributed by atoms with E-state index in [1.54, 1.807) is 4.90 Å².